The zero-order valence-corrected chi connectivity index (χ0v) is 28.6. The van der Waals surface area contributed by atoms with Gasteiger partial charge in [0.1, 0.15) is 4.90 Å². The standard InChI is InChI=1S/C32H46Cl2N6O4S/c1-25-28(33)8-9-29(32(25)34)45(43,44)40(15-12-26-6-4-3-5-7-26)24-30(41)36-22-31(42)39(23-27-10-13-35-14-11-27)21-20-38-18-16-37(2)17-19-38/h3-9,27,35H,10-24H2,1-2H3,(H,36,41). The minimum atomic E-state index is -4.16. The van der Waals surface area contributed by atoms with Crippen LogP contribution in [-0.2, 0) is 26.0 Å². The summed E-state index contributed by atoms with van der Waals surface area (Å²) in [4.78, 5) is 33.2. The quantitative estimate of drug-likeness (QED) is 0.316. The number of nitrogens with zero attached hydrogens (tertiary/aromatic N) is 4. The van der Waals surface area contributed by atoms with Gasteiger partial charge in [0, 0.05) is 57.4 Å². The van der Waals surface area contributed by atoms with E-state index in [1.165, 1.54) is 12.1 Å². The molecule has 45 heavy (non-hydrogen) atoms. The van der Waals surface area contributed by atoms with Crippen molar-refractivity contribution in [1.82, 2.24) is 29.6 Å². The van der Waals surface area contributed by atoms with E-state index in [2.05, 4.69) is 27.5 Å². The molecule has 2 aliphatic heterocycles. The number of hydrogen-bond donors (Lipinski definition) is 2. The van der Waals surface area contributed by atoms with E-state index in [-0.39, 0.29) is 28.9 Å². The molecule has 0 radical (unpaired) electrons. The maximum atomic E-state index is 13.8. The van der Waals surface area contributed by atoms with E-state index < -0.39 is 22.5 Å². The second-order valence-electron chi connectivity index (χ2n) is 12.0. The Morgan fingerprint density at radius 2 is 1.69 bits per heavy atom. The van der Waals surface area contributed by atoms with Crippen molar-refractivity contribution in [2.45, 2.75) is 31.1 Å². The Hall–Kier alpha value is -2.25. The van der Waals surface area contributed by atoms with Crippen molar-refractivity contribution in [3.63, 3.8) is 0 Å². The van der Waals surface area contributed by atoms with Crippen LogP contribution >= 0.6 is 23.2 Å². The van der Waals surface area contributed by atoms with Gasteiger partial charge < -0.3 is 20.4 Å². The number of benzene rings is 2. The summed E-state index contributed by atoms with van der Waals surface area (Å²) in [5.41, 5.74) is 1.38. The van der Waals surface area contributed by atoms with Crippen LogP contribution in [0.5, 0.6) is 0 Å². The van der Waals surface area contributed by atoms with E-state index >= 15 is 0 Å². The number of sulfonamides is 1. The number of hydrogen-bond acceptors (Lipinski definition) is 7. The molecule has 0 aliphatic carbocycles. The molecule has 248 valence electrons. The summed E-state index contributed by atoms with van der Waals surface area (Å²) in [5.74, 6) is -0.307. The molecular formula is C32H46Cl2N6O4S. The first-order chi connectivity index (χ1) is 21.5. The van der Waals surface area contributed by atoms with Crippen LogP contribution in [0.3, 0.4) is 0 Å². The smallest absolute Gasteiger partial charge is 0.245 e. The molecule has 0 atom stereocenters. The molecule has 2 fully saturated rings. The van der Waals surface area contributed by atoms with Crippen LogP contribution in [0.2, 0.25) is 10.0 Å². The normalized spacial score (nSPS) is 17.0. The van der Waals surface area contributed by atoms with E-state index in [1.807, 2.05) is 35.2 Å². The summed E-state index contributed by atoms with van der Waals surface area (Å²) in [6.45, 7) is 8.89. The molecule has 2 aliphatic rings. The van der Waals surface area contributed by atoms with Gasteiger partial charge >= 0.3 is 0 Å². The fourth-order valence-electron chi connectivity index (χ4n) is 5.69. The molecule has 2 N–H and O–H groups in total. The van der Waals surface area contributed by atoms with Gasteiger partial charge in [0.15, 0.2) is 0 Å². The SMILES string of the molecule is Cc1c(Cl)ccc(S(=O)(=O)N(CCc2ccccc2)CC(=O)NCC(=O)N(CCN2CCN(C)CC2)CC2CCNCC2)c1Cl. The first-order valence-corrected chi connectivity index (χ1v) is 17.9. The number of nitrogens with one attached hydrogen (secondary N) is 2. The Kier molecular flexibility index (Phi) is 13.5. The lowest BCUT2D eigenvalue weighted by atomic mass is 9.97. The van der Waals surface area contributed by atoms with Gasteiger partial charge in [-0.2, -0.15) is 4.31 Å². The van der Waals surface area contributed by atoms with Gasteiger partial charge in [-0.1, -0.05) is 53.5 Å². The number of piperidine rings is 1. The lowest BCUT2D eigenvalue weighted by Gasteiger charge is -2.35. The summed E-state index contributed by atoms with van der Waals surface area (Å²) in [7, 11) is -2.05. The molecule has 0 unspecified atom stereocenters. The summed E-state index contributed by atoms with van der Waals surface area (Å²) < 4.78 is 28.8. The van der Waals surface area contributed by atoms with Crippen molar-refractivity contribution in [2.24, 2.45) is 5.92 Å². The first kappa shape index (κ1) is 35.6. The maximum Gasteiger partial charge on any atom is 0.245 e. The highest BCUT2D eigenvalue weighted by atomic mass is 35.5. The van der Waals surface area contributed by atoms with Crippen LogP contribution in [-0.4, -0.2) is 125 Å². The Bertz CT molecular complexity index is 1380. The molecule has 0 saturated carbocycles. The second kappa shape index (κ2) is 17.1. The van der Waals surface area contributed by atoms with Gasteiger partial charge in [-0.3, -0.25) is 14.5 Å². The Morgan fingerprint density at radius 3 is 2.38 bits per heavy atom. The first-order valence-electron chi connectivity index (χ1n) is 15.7. The highest BCUT2D eigenvalue weighted by Gasteiger charge is 2.30. The third kappa shape index (κ3) is 10.4. The van der Waals surface area contributed by atoms with E-state index in [0.717, 1.165) is 68.5 Å². The highest BCUT2D eigenvalue weighted by molar-refractivity contribution is 7.89. The van der Waals surface area contributed by atoms with Gasteiger partial charge in [-0.25, -0.2) is 8.42 Å². The highest BCUT2D eigenvalue weighted by Crippen LogP contribution is 2.32. The van der Waals surface area contributed by atoms with Crippen molar-refractivity contribution in [3.8, 4) is 0 Å². The van der Waals surface area contributed by atoms with Gasteiger partial charge in [0.05, 0.1) is 18.1 Å². The molecule has 2 amide bonds. The lowest BCUT2D eigenvalue weighted by Crippen LogP contribution is -2.50. The van der Waals surface area contributed by atoms with Crippen molar-refractivity contribution in [1.29, 1.82) is 0 Å². The predicted molar refractivity (Wildman–Crippen MR) is 179 cm³/mol. The third-order valence-electron chi connectivity index (χ3n) is 8.72. The topological polar surface area (TPSA) is 105 Å². The molecule has 0 aromatic heterocycles. The van der Waals surface area contributed by atoms with E-state index in [4.69, 9.17) is 23.2 Å². The van der Waals surface area contributed by atoms with Crippen LogP contribution in [0, 0.1) is 12.8 Å². The average molecular weight is 682 g/mol. The van der Waals surface area contributed by atoms with Gasteiger partial charge in [-0.15, -0.1) is 0 Å². The monoisotopic (exact) mass is 680 g/mol. The molecule has 4 rings (SSSR count). The van der Waals surface area contributed by atoms with Crippen molar-refractivity contribution < 1.29 is 18.0 Å². The van der Waals surface area contributed by atoms with Gasteiger partial charge in [-0.05, 0) is 75.5 Å². The summed E-state index contributed by atoms with van der Waals surface area (Å²) in [5, 5.41) is 6.46. The minimum absolute atomic E-state index is 0.0247. The van der Waals surface area contributed by atoms with Crippen LogP contribution in [0.25, 0.3) is 0 Å². The molecular weight excluding hydrogens is 635 g/mol. The maximum absolute atomic E-state index is 13.8. The number of likely N-dealkylation sites (N-methyl/N-ethyl adjacent to an activating group) is 1. The molecule has 2 saturated heterocycles. The fraction of sp³-hybridized carbons (Fsp3) is 0.562. The molecule has 2 aromatic carbocycles. The molecule has 0 bridgehead atoms. The fourth-order valence-corrected chi connectivity index (χ4v) is 7.87. The Labute approximate surface area is 278 Å². The van der Waals surface area contributed by atoms with E-state index in [9.17, 15) is 18.0 Å². The lowest BCUT2D eigenvalue weighted by molar-refractivity contribution is -0.133. The van der Waals surface area contributed by atoms with Crippen molar-refractivity contribution in [3.05, 3.63) is 63.6 Å². The second-order valence-corrected chi connectivity index (χ2v) is 14.7. The number of amides is 2. The Balaban J connectivity index is 1.42. The van der Waals surface area contributed by atoms with Crippen LogP contribution < -0.4 is 10.6 Å². The number of rotatable bonds is 14. The average Bonchev–Trinajstić information content (AvgIpc) is 3.04. The molecule has 2 heterocycles. The predicted octanol–water partition coefficient (Wildman–Crippen LogP) is 2.73. The zero-order chi connectivity index (χ0) is 32.4. The third-order valence-corrected chi connectivity index (χ3v) is 11.6. The van der Waals surface area contributed by atoms with Crippen LogP contribution in [0.1, 0.15) is 24.0 Å². The van der Waals surface area contributed by atoms with E-state index in [1.54, 1.807) is 6.92 Å². The molecule has 13 heteroatoms. The number of carbonyl (C=O) groups excluding carboxylic acids is 2. The minimum Gasteiger partial charge on any atom is -0.346 e. The van der Waals surface area contributed by atoms with Crippen molar-refractivity contribution >= 4 is 45.0 Å². The van der Waals surface area contributed by atoms with E-state index in [0.29, 0.717) is 36.0 Å². The van der Waals surface area contributed by atoms with Crippen LogP contribution in [0.15, 0.2) is 47.4 Å². The zero-order valence-electron chi connectivity index (χ0n) is 26.3. The summed E-state index contributed by atoms with van der Waals surface area (Å²) in [6, 6.07) is 12.3. The summed E-state index contributed by atoms with van der Waals surface area (Å²) in [6.07, 6.45) is 2.41. The Morgan fingerprint density at radius 1 is 1.00 bits per heavy atom. The number of halogens is 2. The molecule has 2 aromatic rings. The van der Waals surface area contributed by atoms with Crippen molar-refractivity contribution in [2.75, 3.05) is 85.6 Å². The molecule has 0 spiro atoms. The molecule has 10 nitrogen and oxygen atoms in total. The summed E-state index contributed by atoms with van der Waals surface area (Å²) >= 11 is 12.6. The number of carbonyl (C=O) groups is 2. The van der Waals surface area contributed by atoms with Gasteiger partial charge in [0.25, 0.3) is 0 Å². The van der Waals surface area contributed by atoms with Crippen LogP contribution in [0.4, 0.5) is 0 Å². The largest absolute Gasteiger partial charge is 0.346 e. The number of piperazine rings is 1. The van der Waals surface area contributed by atoms with Gasteiger partial charge in [0.2, 0.25) is 21.8 Å².